The van der Waals surface area contributed by atoms with E-state index in [-0.39, 0.29) is 10.6 Å². The van der Waals surface area contributed by atoms with E-state index >= 15 is 0 Å². The molecule has 0 aliphatic carbocycles. The first-order valence-corrected chi connectivity index (χ1v) is 9.78. The molecule has 0 atom stereocenters. The van der Waals surface area contributed by atoms with Crippen molar-refractivity contribution in [1.82, 2.24) is 4.90 Å². The minimum Gasteiger partial charge on any atom is -0.493 e. The molecule has 3 amide bonds. The second kappa shape index (κ2) is 9.52. The number of benzene rings is 2. The maximum atomic E-state index is 13.3. The lowest BCUT2D eigenvalue weighted by Gasteiger charge is -2.13. The van der Waals surface area contributed by atoms with Crippen molar-refractivity contribution in [1.29, 1.82) is 0 Å². The highest BCUT2D eigenvalue weighted by atomic mass is 32.2. The highest BCUT2D eigenvalue weighted by Gasteiger charge is 2.36. The zero-order valence-electron chi connectivity index (χ0n) is 16.9. The van der Waals surface area contributed by atoms with Gasteiger partial charge >= 0.3 is 0 Å². The van der Waals surface area contributed by atoms with E-state index in [1.54, 1.807) is 12.1 Å². The van der Waals surface area contributed by atoms with Crippen molar-refractivity contribution in [3.05, 3.63) is 52.7 Å². The zero-order chi connectivity index (χ0) is 22.5. The topological polar surface area (TPSA) is 94.2 Å². The van der Waals surface area contributed by atoms with Gasteiger partial charge in [0.1, 0.15) is 12.4 Å². The third kappa shape index (κ3) is 4.97. The molecule has 1 fully saturated rings. The summed E-state index contributed by atoms with van der Waals surface area (Å²) < 4.78 is 29.1. The monoisotopic (exact) mass is 446 g/mol. The lowest BCUT2D eigenvalue weighted by atomic mass is 10.1. The van der Waals surface area contributed by atoms with E-state index in [1.807, 2.05) is 0 Å². The summed E-state index contributed by atoms with van der Waals surface area (Å²) >= 11 is 0.710. The van der Waals surface area contributed by atoms with Crippen LogP contribution < -0.4 is 19.5 Å². The Bertz CT molecular complexity index is 1050. The summed E-state index contributed by atoms with van der Waals surface area (Å²) in [6.07, 6.45) is 1.50. The van der Waals surface area contributed by atoms with Crippen molar-refractivity contribution < 1.29 is 33.0 Å². The SMILES string of the molecule is COc1cc(/C=C2/SC(=O)N(CC(=O)Nc3cccc(F)c3)C2=O)cc(OC)c1OC. The van der Waals surface area contributed by atoms with Crippen molar-refractivity contribution in [3.8, 4) is 17.2 Å². The number of hydrogen-bond donors (Lipinski definition) is 1. The first kappa shape index (κ1) is 22.2. The second-order valence-corrected chi connectivity index (χ2v) is 7.28. The molecular formula is C21H19FN2O6S. The first-order chi connectivity index (χ1) is 14.9. The minimum absolute atomic E-state index is 0.137. The number of ether oxygens (including phenoxy) is 3. The summed E-state index contributed by atoms with van der Waals surface area (Å²) in [4.78, 5) is 38.2. The molecule has 0 spiro atoms. The summed E-state index contributed by atoms with van der Waals surface area (Å²) in [5, 5.41) is 1.87. The van der Waals surface area contributed by atoms with E-state index in [0.717, 1.165) is 11.0 Å². The van der Waals surface area contributed by atoms with Crippen LogP contribution in [0.5, 0.6) is 17.2 Å². The van der Waals surface area contributed by atoms with Gasteiger partial charge in [0.05, 0.1) is 26.2 Å². The van der Waals surface area contributed by atoms with Gasteiger partial charge in [0, 0.05) is 5.69 Å². The van der Waals surface area contributed by atoms with Crippen LogP contribution in [0, 0.1) is 5.82 Å². The van der Waals surface area contributed by atoms with Crippen LogP contribution in [0.2, 0.25) is 0 Å². The van der Waals surface area contributed by atoms with Crippen LogP contribution >= 0.6 is 11.8 Å². The number of carbonyl (C=O) groups is 3. The molecule has 1 aliphatic heterocycles. The lowest BCUT2D eigenvalue weighted by Crippen LogP contribution is -2.36. The summed E-state index contributed by atoms with van der Waals surface area (Å²) in [6, 6.07) is 8.57. The molecule has 31 heavy (non-hydrogen) atoms. The molecule has 1 aliphatic rings. The van der Waals surface area contributed by atoms with Crippen LogP contribution in [-0.2, 0) is 9.59 Å². The highest BCUT2D eigenvalue weighted by Crippen LogP contribution is 2.40. The molecule has 2 aromatic carbocycles. The summed E-state index contributed by atoms with van der Waals surface area (Å²) in [5.74, 6) is -0.579. The van der Waals surface area contributed by atoms with E-state index < -0.39 is 29.4 Å². The second-order valence-electron chi connectivity index (χ2n) is 6.29. The molecule has 0 unspecified atom stereocenters. The molecule has 162 valence electrons. The van der Waals surface area contributed by atoms with E-state index in [1.165, 1.54) is 45.6 Å². The molecule has 0 radical (unpaired) electrons. The Morgan fingerprint density at radius 2 is 1.77 bits per heavy atom. The van der Waals surface area contributed by atoms with Gasteiger partial charge in [-0.25, -0.2) is 4.39 Å². The molecule has 0 saturated carbocycles. The lowest BCUT2D eigenvalue weighted by molar-refractivity contribution is -0.127. The van der Waals surface area contributed by atoms with Crippen LogP contribution in [-0.4, -0.2) is 49.8 Å². The first-order valence-electron chi connectivity index (χ1n) is 8.97. The summed E-state index contributed by atoms with van der Waals surface area (Å²) in [6.45, 7) is -0.492. The Kier molecular flexibility index (Phi) is 6.81. The van der Waals surface area contributed by atoms with E-state index in [0.29, 0.717) is 34.6 Å². The number of halogens is 1. The Labute approximate surface area is 182 Å². The number of anilines is 1. The number of rotatable bonds is 7. The van der Waals surface area contributed by atoms with E-state index in [4.69, 9.17) is 14.2 Å². The van der Waals surface area contributed by atoms with Gasteiger partial charge in [0.2, 0.25) is 11.7 Å². The number of thioether (sulfide) groups is 1. The fraction of sp³-hybridized carbons (Fsp3) is 0.190. The third-order valence-corrected chi connectivity index (χ3v) is 5.18. The van der Waals surface area contributed by atoms with Gasteiger partial charge in [-0.15, -0.1) is 0 Å². The number of carbonyl (C=O) groups excluding carboxylic acids is 3. The fourth-order valence-electron chi connectivity index (χ4n) is 2.88. The van der Waals surface area contributed by atoms with Gasteiger partial charge in [-0.2, -0.15) is 0 Å². The zero-order valence-corrected chi connectivity index (χ0v) is 17.7. The highest BCUT2D eigenvalue weighted by molar-refractivity contribution is 8.18. The van der Waals surface area contributed by atoms with Crippen molar-refractivity contribution in [3.63, 3.8) is 0 Å². The van der Waals surface area contributed by atoms with Gasteiger partial charge < -0.3 is 19.5 Å². The average molecular weight is 446 g/mol. The largest absolute Gasteiger partial charge is 0.493 e. The van der Waals surface area contributed by atoms with Gasteiger partial charge in [-0.3, -0.25) is 19.3 Å². The van der Waals surface area contributed by atoms with Gasteiger partial charge in [0.25, 0.3) is 11.1 Å². The van der Waals surface area contributed by atoms with Gasteiger partial charge in [0.15, 0.2) is 11.5 Å². The Hall–Kier alpha value is -3.53. The molecule has 0 aromatic heterocycles. The smallest absolute Gasteiger partial charge is 0.294 e. The van der Waals surface area contributed by atoms with Gasteiger partial charge in [-0.05, 0) is 53.7 Å². The Morgan fingerprint density at radius 1 is 1.10 bits per heavy atom. The summed E-state index contributed by atoms with van der Waals surface area (Å²) in [5.41, 5.74) is 0.772. The molecule has 10 heteroatoms. The van der Waals surface area contributed by atoms with Crippen LogP contribution in [0.25, 0.3) is 6.08 Å². The van der Waals surface area contributed by atoms with Crippen molar-refractivity contribution >= 4 is 40.6 Å². The van der Waals surface area contributed by atoms with Crippen LogP contribution in [0.1, 0.15) is 5.56 Å². The number of methoxy groups -OCH3 is 3. The number of nitrogens with one attached hydrogen (secondary N) is 1. The van der Waals surface area contributed by atoms with Gasteiger partial charge in [-0.1, -0.05) is 6.07 Å². The molecule has 1 saturated heterocycles. The number of amides is 3. The standard InChI is InChI=1S/C21H19FN2O6S/c1-28-15-7-12(8-16(29-2)19(15)30-3)9-17-20(26)24(21(27)31-17)11-18(25)23-14-6-4-5-13(22)10-14/h4-10H,11H2,1-3H3,(H,23,25)/b17-9+. The summed E-state index contributed by atoms with van der Waals surface area (Å²) in [7, 11) is 4.40. The fourth-order valence-corrected chi connectivity index (χ4v) is 3.72. The number of hydrogen-bond acceptors (Lipinski definition) is 7. The minimum atomic E-state index is -0.623. The Morgan fingerprint density at radius 3 is 2.35 bits per heavy atom. The molecule has 3 rings (SSSR count). The van der Waals surface area contributed by atoms with Crippen molar-refractivity contribution in [2.45, 2.75) is 0 Å². The van der Waals surface area contributed by atoms with Crippen molar-refractivity contribution in [2.24, 2.45) is 0 Å². The molecule has 0 bridgehead atoms. The third-order valence-electron chi connectivity index (χ3n) is 4.27. The Balaban J connectivity index is 1.78. The van der Waals surface area contributed by atoms with Crippen LogP contribution in [0.15, 0.2) is 41.3 Å². The molecule has 1 N–H and O–H groups in total. The molecule has 1 heterocycles. The quantitative estimate of drug-likeness (QED) is 0.651. The molecule has 2 aromatic rings. The van der Waals surface area contributed by atoms with E-state index in [9.17, 15) is 18.8 Å². The number of nitrogens with zero attached hydrogens (tertiary/aromatic N) is 1. The van der Waals surface area contributed by atoms with E-state index in [2.05, 4.69) is 5.32 Å². The molecule has 8 nitrogen and oxygen atoms in total. The average Bonchev–Trinajstić information content (AvgIpc) is 3.00. The predicted octanol–water partition coefficient (Wildman–Crippen LogP) is 3.53. The van der Waals surface area contributed by atoms with Crippen LogP contribution in [0.3, 0.4) is 0 Å². The number of imide groups is 1. The maximum absolute atomic E-state index is 13.3. The van der Waals surface area contributed by atoms with Crippen LogP contribution in [0.4, 0.5) is 14.9 Å². The molecular weight excluding hydrogens is 427 g/mol. The normalized spacial score (nSPS) is 14.7. The maximum Gasteiger partial charge on any atom is 0.294 e. The van der Waals surface area contributed by atoms with Crippen molar-refractivity contribution in [2.75, 3.05) is 33.2 Å². The predicted molar refractivity (Wildman–Crippen MR) is 114 cm³/mol.